The average molecular weight is 359 g/mol. The van der Waals surface area contributed by atoms with E-state index in [-0.39, 0.29) is 18.4 Å². The second-order valence-corrected chi connectivity index (χ2v) is 7.55. The second kappa shape index (κ2) is 5.98. The number of rotatable bonds is 2. The lowest BCUT2D eigenvalue weighted by molar-refractivity contribution is -0.157. The van der Waals surface area contributed by atoms with Crippen molar-refractivity contribution in [1.29, 1.82) is 0 Å². The molecule has 1 saturated heterocycles. The van der Waals surface area contributed by atoms with Gasteiger partial charge in [-0.2, -0.15) is 0 Å². The number of aromatic nitrogens is 1. The first-order valence-corrected chi connectivity index (χ1v) is 9.32. The van der Waals surface area contributed by atoms with Gasteiger partial charge in [-0.3, -0.25) is 9.59 Å². The van der Waals surface area contributed by atoms with E-state index in [1.807, 2.05) is 49.4 Å². The highest BCUT2D eigenvalue weighted by Gasteiger charge is 2.42. The molecule has 5 heteroatoms. The number of hydrogen-bond donors (Lipinski definition) is 1. The van der Waals surface area contributed by atoms with E-state index in [2.05, 4.69) is 11.1 Å². The van der Waals surface area contributed by atoms with Gasteiger partial charge in [-0.1, -0.05) is 48.0 Å². The van der Waals surface area contributed by atoms with Gasteiger partial charge < -0.3 is 14.8 Å². The van der Waals surface area contributed by atoms with E-state index >= 15 is 0 Å². The SMILES string of the molecule is Cc1ccc(CN2CC(=O)N3Cc4[nH]c5ccccc5c4C[C@@H]3C2=O)cc1. The zero-order valence-electron chi connectivity index (χ0n) is 15.2. The molecule has 1 fully saturated rings. The summed E-state index contributed by atoms with van der Waals surface area (Å²) < 4.78 is 0. The van der Waals surface area contributed by atoms with Gasteiger partial charge in [0.2, 0.25) is 11.8 Å². The number of H-pyrrole nitrogens is 1. The highest BCUT2D eigenvalue weighted by molar-refractivity contribution is 5.96. The van der Waals surface area contributed by atoms with E-state index in [0.29, 0.717) is 19.5 Å². The van der Waals surface area contributed by atoms with Crippen LogP contribution in [0.1, 0.15) is 22.4 Å². The molecule has 1 aromatic heterocycles. The quantitative estimate of drug-likeness (QED) is 0.765. The summed E-state index contributed by atoms with van der Waals surface area (Å²) in [4.78, 5) is 32.8. The molecule has 3 heterocycles. The van der Waals surface area contributed by atoms with Crippen molar-refractivity contribution in [3.63, 3.8) is 0 Å². The molecule has 2 aromatic carbocycles. The zero-order valence-corrected chi connectivity index (χ0v) is 15.2. The molecular formula is C22H21N3O2. The lowest BCUT2D eigenvalue weighted by atomic mass is 9.93. The second-order valence-electron chi connectivity index (χ2n) is 7.55. The van der Waals surface area contributed by atoms with Crippen LogP contribution in [-0.2, 0) is 29.1 Å². The molecule has 0 unspecified atom stereocenters. The number of aromatic amines is 1. The Morgan fingerprint density at radius 2 is 1.81 bits per heavy atom. The molecular weight excluding hydrogens is 338 g/mol. The van der Waals surface area contributed by atoms with Gasteiger partial charge in [0.15, 0.2) is 0 Å². The van der Waals surface area contributed by atoms with E-state index < -0.39 is 6.04 Å². The predicted octanol–water partition coefficient (Wildman–Crippen LogP) is 2.77. The molecule has 1 atom stereocenters. The molecule has 0 aliphatic carbocycles. The lowest BCUT2D eigenvalue weighted by Gasteiger charge is -2.42. The monoisotopic (exact) mass is 359 g/mol. The van der Waals surface area contributed by atoms with Crippen LogP contribution in [0.4, 0.5) is 0 Å². The topological polar surface area (TPSA) is 56.4 Å². The van der Waals surface area contributed by atoms with Crippen molar-refractivity contribution in [2.75, 3.05) is 6.54 Å². The molecule has 27 heavy (non-hydrogen) atoms. The highest BCUT2D eigenvalue weighted by Crippen LogP contribution is 2.32. The number of carbonyl (C=O) groups excluding carboxylic acids is 2. The number of nitrogens with zero attached hydrogens (tertiary/aromatic N) is 2. The normalized spacial score (nSPS) is 19.4. The van der Waals surface area contributed by atoms with Crippen molar-refractivity contribution < 1.29 is 9.59 Å². The van der Waals surface area contributed by atoms with Crippen molar-refractivity contribution in [2.45, 2.75) is 32.5 Å². The fourth-order valence-electron chi connectivity index (χ4n) is 4.28. The van der Waals surface area contributed by atoms with E-state index in [9.17, 15) is 9.59 Å². The number of carbonyl (C=O) groups is 2. The largest absolute Gasteiger partial charge is 0.357 e. The summed E-state index contributed by atoms with van der Waals surface area (Å²) in [7, 11) is 0. The number of fused-ring (bicyclic) bond motifs is 4. The molecule has 0 radical (unpaired) electrons. The third-order valence-electron chi connectivity index (χ3n) is 5.74. The maximum Gasteiger partial charge on any atom is 0.246 e. The van der Waals surface area contributed by atoms with Gasteiger partial charge in [0, 0.05) is 29.6 Å². The Balaban J connectivity index is 1.45. The van der Waals surface area contributed by atoms with Crippen molar-refractivity contribution in [3.8, 4) is 0 Å². The number of hydrogen-bond acceptors (Lipinski definition) is 2. The van der Waals surface area contributed by atoms with Crippen LogP contribution >= 0.6 is 0 Å². The lowest BCUT2D eigenvalue weighted by Crippen LogP contribution is -2.61. The van der Waals surface area contributed by atoms with Gasteiger partial charge in [-0.05, 0) is 24.1 Å². The molecule has 136 valence electrons. The zero-order chi connectivity index (χ0) is 18.5. The standard InChI is InChI=1S/C22H21N3O2/c1-14-6-8-15(9-7-14)11-24-13-21(26)25-12-19-17(10-20(25)22(24)27)16-4-2-3-5-18(16)23-19/h2-9,20,23H,10-13H2,1H3/t20-/m1/s1. The molecule has 1 N–H and O–H groups in total. The van der Waals surface area contributed by atoms with E-state index in [0.717, 1.165) is 22.2 Å². The summed E-state index contributed by atoms with van der Waals surface area (Å²) >= 11 is 0. The summed E-state index contributed by atoms with van der Waals surface area (Å²) in [6.07, 6.45) is 0.578. The maximum atomic E-state index is 13.2. The first kappa shape index (κ1) is 16.1. The van der Waals surface area contributed by atoms with Gasteiger partial charge >= 0.3 is 0 Å². The Hall–Kier alpha value is -3.08. The molecule has 5 rings (SSSR count). The van der Waals surface area contributed by atoms with Gasteiger partial charge in [-0.15, -0.1) is 0 Å². The molecule has 2 amide bonds. The van der Waals surface area contributed by atoms with Crippen LogP contribution in [0.15, 0.2) is 48.5 Å². The minimum atomic E-state index is -0.400. The Kier molecular flexibility index (Phi) is 3.57. The molecule has 0 saturated carbocycles. The number of aryl methyl sites for hydroxylation is 1. The van der Waals surface area contributed by atoms with Crippen molar-refractivity contribution in [1.82, 2.24) is 14.8 Å². The van der Waals surface area contributed by atoms with E-state index in [1.165, 1.54) is 11.1 Å². The van der Waals surface area contributed by atoms with Crippen molar-refractivity contribution in [3.05, 3.63) is 70.9 Å². The summed E-state index contributed by atoms with van der Waals surface area (Å²) in [5.74, 6) is 0.0714. The summed E-state index contributed by atoms with van der Waals surface area (Å²) in [5, 5.41) is 1.16. The molecule has 2 aliphatic heterocycles. The van der Waals surface area contributed by atoms with E-state index in [4.69, 9.17) is 0 Å². The van der Waals surface area contributed by atoms with Crippen molar-refractivity contribution in [2.24, 2.45) is 0 Å². The minimum absolute atomic E-state index is 0.0241. The number of piperazine rings is 1. The average Bonchev–Trinajstić information content (AvgIpc) is 3.04. The van der Waals surface area contributed by atoms with Crippen LogP contribution in [0.3, 0.4) is 0 Å². The minimum Gasteiger partial charge on any atom is -0.357 e. The number of amides is 2. The summed E-state index contributed by atoms with van der Waals surface area (Å²) in [5.41, 5.74) is 5.54. The van der Waals surface area contributed by atoms with E-state index in [1.54, 1.807) is 9.80 Å². The predicted molar refractivity (Wildman–Crippen MR) is 103 cm³/mol. The Labute approximate surface area is 157 Å². The van der Waals surface area contributed by atoms with Crippen LogP contribution in [0.5, 0.6) is 0 Å². The molecule has 0 bridgehead atoms. The Morgan fingerprint density at radius 3 is 2.63 bits per heavy atom. The summed E-state index contributed by atoms with van der Waals surface area (Å²) in [6, 6.07) is 15.9. The van der Waals surface area contributed by atoms with Gasteiger partial charge in [0.25, 0.3) is 0 Å². The van der Waals surface area contributed by atoms with Crippen LogP contribution < -0.4 is 0 Å². The first-order chi connectivity index (χ1) is 13.1. The van der Waals surface area contributed by atoms with Crippen LogP contribution in [0.25, 0.3) is 10.9 Å². The highest BCUT2D eigenvalue weighted by atomic mass is 16.2. The Morgan fingerprint density at radius 1 is 1.04 bits per heavy atom. The van der Waals surface area contributed by atoms with Crippen LogP contribution in [0.2, 0.25) is 0 Å². The molecule has 3 aromatic rings. The number of nitrogens with one attached hydrogen (secondary N) is 1. The van der Waals surface area contributed by atoms with Gasteiger partial charge in [0.1, 0.15) is 12.6 Å². The fraction of sp³-hybridized carbons (Fsp3) is 0.273. The maximum absolute atomic E-state index is 13.2. The Bertz CT molecular complexity index is 1050. The third-order valence-corrected chi connectivity index (χ3v) is 5.74. The first-order valence-electron chi connectivity index (χ1n) is 9.32. The number of benzene rings is 2. The van der Waals surface area contributed by atoms with Gasteiger partial charge in [0.05, 0.1) is 6.54 Å². The smallest absolute Gasteiger partial charge is 0.246 e. The van der Waals surface area contributed by atoms with Crippen molar-refractivity contribution >= 4 is 22.7 Å². The van der Waals surface area contributed by atoms with Crippen LogP contribution in [0, 0.1) is 6.92 Å². The molecule has 2 aliphatic rings. The van der Waals surface area contributed by atoms with Gasteiger partial charge in [-0.25, -0.2) is 0 Å². The molecule has 0 spiro atoms. The fourth-order valence-corrected chi connectivity index (χ4v) is 4.28. The summed E-state index contributed by atoms with van der Waals surface area (Å²) in [6.45, 7) is 3.16. The third kappa shape index (κ3) is 2.62. The number of para-hydroxylation sites is 1. The molecule has 5 nitrogen and oxygen atoms in total. The van der Waals surface area contributed by atoms with Crippen LogP contribution in [-0.4, -0.2) is 39.2 Å².